The van der Waals surface area contributed by atoms with Gasteiger partial charge in [0, 0.05) is 18.1 Å². The smallest absolute Gasteiger partial charge is 0.333 e. The van der Waals surface area contributed by atoms with Crippen LogP contribution in [0.5, 0.6) is 0 Å². The molecule has 6 nitrogen and oxygen atoms in total. The summed E-state index contributed by atoms with van der Waals surface area (Å²) in [5, 5.41) is 18.3. The Morgan fingerprint density at radius 3 is 2.86 bits per heavy atom. The van der Waals surface area contributed by atoms with Gasteiger partial charge in [-0.05, 0) is 30.2 Å². The van der Waals surface area contributed by atoms with Gasteiger partial charge in [-0.3, -0.25) is 10.1 Å². The molecule has 0 aliphatic rings. The zero-order chi connectivity index (χ0) is 15.6. The van der Waals surface area contributed by atoms with Crippen molar-refractivity contribution in [1.82, 2.24) is 9.78 Å². The van der Waals surface area contributed by atoms with Gasteiger partial charge < -0.3 is 5.32 Å². The lowest BCUT2D eigenvalue weighted by Gasteiger charge is -2.08. The number of nitrogens with zero attached hydrogens (tertiary/aromatic N) is 3. The van der Waals surface area contributed by atoms with Crippen LogP contribution in [0.1, 0.15) is 18.2 Å². The van der Waals surface area contributed by atoms with Crippen LogP contribution in [0, 0.1) is 15.9 Å². The number of benzene rings is 1. The number of anilines is 1. The monoisotopic (exact) mass is 356 g/mol. The normalized spacial score (nSPS) is 10.7. The molecule has 0 aliphatic carbocycles. The number of hydrogen-bond donors (Lipinski definition) is 1. The average Bonchev–Trinajstić information content (AvgIpc) is 2.76. The Bertz CT molecular complexity index is 687. The molecule has 21 heavy (non-hydrogen) atoms. The maximum Gasteiger partial charge on any atom is 0.333 e. The zero-order valence-electron chi connectivity index (χ0n) is 11.6. The minimum atomic E-state index is -0.450. The van der Waals surface area contributed by atoms with Gasteiger partial charge in [-0.2, -0.15) is 5.10 Å². The Morgan fingerprint density at radius 1 is 1.52 bits per heavy atom. The van der Waals surface area contributed by atoms with Crippen molar-refractivity contribution >= 4 is 27.4 Å². The van der Waals surface area contributed by atoms with E-state index < -0.39 is 4.92 Å². The molecule has 0 amide bonds. The summed E-state index contributed by atoms with van der Waals surface area (Å²) in [4.78, 5) is 10.7. The number of aromatic nitrogens is 2. The number of nitrogens with one attached hydrogen (secondary N) is 1. The predicted octanol–water partition coefficient (Wildman–Crippen LogP) is 3.40. The molecule has 1 aromatic carbocycles. The van der Waals surface area contributed by atoms with Gasteiger partial charge in [-0.15, -0.1) is 0 Å². The second-order valence-corrected chi connectivity index (χ2v) is 5.32. The van der Waals surface area contributed by atoms with Crippen LogP contribution < -0.4 is 5.32 Å². The van der Waals surface area contributed by atoms with Crippen LogP contribution in [0.4, 0.5) is 15.9 Å². The molecular formula is C13H14BrFN4O2. The van der Waals surface area contributed by atoms with Crippen LogP contribution in [0.2, 0.25) is 0 Å². The number of aryl methyl sites for hydroxylation is 2. The lowest BCUT2D eigenvalue weighted by Crippen LogP contribution is -2.07. The minimum absolute atomic E-state index is 0.0347. The second-order valence-electron chi connectivity index (χ2n) is 4.47. The summed E-state index contributed by atoms with van der Waals surface area (Å²) in [5.74, 6) is -0.0447. The Balaban J connectivity index is 2.30. The van der Waals surface area contributed by atoms with Crippen molar-refractivity contribution in [3.63, 3.8) is 0 Å². The second kappa shape index (κ2) is 6.21. The summed E-state index contributed by atoms with van der Waals surface area (Å²) in [7, 11) is 1.63. The molecular weight excluding hydrogens is 343 g/mol. The van der Waals surface area contributed by atoms with Crippen molar-refractivity contribution in [1.29, 1.82) is 0 Å². The highest BCUT2D eigenvalue weighted by Crippen LogP contribution is 2.29. The van der Waals surface area contributed by atoms with Crippen LogP contribution in [-0.4, -0.2) is 14.7 Å². The maximum atomic E-state index is 13.2. The van der Waals surface area contributed by atoms with E-state index in [-0.39, 0.29) is 18.0 Å². The lowest BCUT2D eigenvalue weighted by atomic mass is 10.2. The Morgan fingerprint density at radius 2 is 2.24 bits per heavy atom. The van der Waals surface area contributed by atoms with E-state index >= 15 is 0 Å². The molecule has 2 rings (SSSR count). The van der Waals surface area contributed by atoms with E-state index in [0.717, 1.165) is 4.47 Å². The summed E-state index contributed by atoms with van der Waals surface area (Å²) in [6, 6.07) is 4.32. The fourth-order valence-electron chi connectivity index (χ4n) is 2.05. The highest BCUT2D eigenvalue weighted by molar-refractivity contribution is 9.10. The quantitative estimate of drug-likeness (QED) is 0.658. The van der Waals surface area contributed by atoms with Gasteiger partial charge in [0.15, 0.2) is 0 Å². The molecule has 0 atom stereocenters. The lowest BCUT2D eigenvalue weighted by molar-refractivity contribution is -0.384. The van der Waals surface area contributed by atoms with Gasteiger partial charge in [-0.1, -0.05) is 22.9 Å². The summed E-state index contributed by atoms with van der Waals surface area (Å²) in [6.07, 6.45) is 0.468. The fourth-order valence-corrected chi connectivity index (χ4v) is 2.44. The Labute approximate surface area is 129 Å². The first-order chi connectivity index (χ1) is 9.93. The van der Waals surface area contributed by atoms with Crippen molar-refractivity contribution in [2.45, 2.75) is 19.9 Å². The molecule has 1 aromatic heterocycles. The third-order valence-corrected chi connectivity index (χ3v) is 3.84. The molecule has 0 fully saturated rings. The first kappa shape index (κ1) is 15.4. The largest absolute Gasteiger partial charge is 0.360 e. The van der Waals surface area contributed by atoms with E-state index in [1.165, 1.54) is 16.8 Å². The Hall–Kier alpha value is -1.96. The topological polar surface area (TPSA) is 73.0 Å². The van der Waals surface area contributed by atoms with Gasteiger partial charge in [0.2, 0.25) is 5.82 Å². The standard InChI is InChI=1S/C13H14BrFN4O2/c1-3-11-12(19(20)21)13(18(2)17-11)16-7-8-6-9(15)4-5-10(8)14/h4-6,16H,3,7H2,1-2H3. The van der Waals surface area contributed by atoms with Crippen LogP contribution in [-0.2, 0) is 20.0 Å². The summed E-state index contributed by atoms with van der Waals surface area (Å²) in [5.41, 5.74) is 1.05. The maximum absolute atomic E-state index is 13.2. The molecule has 0 saturated heterocycles. The molecule has 112 valence electrons. The third-order valence-electron chi connectivity index (χ3n) is 3.06. The Kier molecular flexibility index (Phi) is 4.56. The summed E-state index contributed by atoms with van der Waals surface area (Å²) >= 11 is 3.33. The molecule has 8 heteroatoms. The van der Waals surface area contributed by atoms with Gasteiger partial charge in [-0.25, -0.2) is 9.07 Å². The van der Waals surface area contributed by atoms with Crippen LogP contribution in [0.15, 0.2) is 22.7 Å². The molecule has 1 heterocycles. The molecule has 0 saturated carbocycles. The van der Waals surface area contributed by atoms with Gasteiger partial charge in [0.1, 0.15) is 11.5 Å². The van der Waals surface area contributed by atoms with Crippen LogP contribution in [0.3, 0.4) is 0 Å². The van der Waals surface area contributed by atoms with E-state index in [0.29, 0.717) is 23.5 Å². The number of hydrogen-bond acceptors (Lipinski definition) is 4. The first-order valence-electron chi connectivity index (χ1n) is 6.32. The highest BCUT2D eigenvalue weighted by atomic mass is 79.9. The van der Waals surface area contributed by atoms with Gasteiger partial charge in [0.05, 0.1) is 4.92 Å². The van der Waals surface area contributed by atoms with Crippen molar-refractivity contribution in [3.8, 4) is 0 Å². The number of rotatable bonds is 5. The van der Waals surface area contributed by atoms with E-state index in [1.54, 1.807) is 13.1 Å². The molecule has 1 N–H and O–H groups in total. The molecule has 2 aromatic rings. The zero-order valence-corrected chi connectivity index (χ0v) is 13.1. The van der Waals surface area contributed by atoms with Crippen molar-refractivity contribution < 1.29 is 9.31 Å². The minimum Gasteiger partial charge on any atom is -0.360 e. The molecule has 0 bridgehead atoms. The number of nitro groups is 1. The molecule has 0 spiro atoms. The summed E-state index contributed by atoms with van der Waals surface area (Å²) in [6.45, 7) is 2.06. The first-order valence-corrected chi connectivity index (χ1v) is 7.11. The van der Waals surface area contributed by atoms with E-state index in [2.05, 4.69) is 26.3 Å². The van der Waals surface area contributed by atoms with Crippen LogP contribution >= 0.6 is 15.9 Å². The van der Waals surface area contributed by atoms with Crippen molar-refractivity contribution in [3.05, 3.63) is 49.9 Å². The van der Waals surface area contributed by atoms with Gasteiger partial charge in [0.25, 0.3) is 0 Å². The van der Waals surface area contributed by atoms with Crippen molar-refractivity contribution in [2.24, 2.45) is 7.05 Å². The summed E-state index contributed by atoms with van der Waals surface area (Å²) < 4.78 is 15.4. The fraction of sp³-hybridized carbons (Fsp3) is 0.308. The van der Waals surface area contributed by atoms with Crippen LogP contribution in [0.25, 0.3) is 0 Å². The van der Waals surface area contributed by atoms with E-state index in [1.807, 2.05) is 6.92 Å². The predicted molar refractivity (Wildman–Crippen MR) is 80.7 cm³/mol. The average molecular weight is 357 g/mol. The molecule has 0 radical (unpaired) electrons. The number of halogens is 2. The molecule has 0 aliphatic heterocycles. The SMILES string of the molecule is CCc1nn(C)c(NCc2cc(F)ccc2Br)c1[N+](=O)[O-]. The van der Waals surface area contributed by atoms with E-state index in [4.69, 9.17) is 0 Å². The molecule has 0 unspecified atom stereocenters. The van der Waals surface area contributed by atoms with Crippen molar-refractivity contribution in [2.75, 3.05) is 5.32 Å². The van der Waals surface area contributed by atoms with Gasteiger partial charge >= 0.3 is 5.69 Å². The van der Waals surface area contributed by atoms with E-state index in [9.17, 15) is 14.5 Å². The highest BCUT2D eigenvalue weighted by Gasteiger charge is 2.25. The third kappa shape index (κ3) is 3.21.